The zero-order valence-corrected chi connectivity index (χ0v) is 12.7. The van der Waals surface area contributed by atoms with Gasteiger partial charge in [-0.05, 0) is 52.0 Å². The largest absolute Gasteiger partial charge is 0.379 e. The molecule has 108 valence electrons. The van der Waals surface area contributed by atoms with Crippen LogP contribution in [0.2, 0.25) is 0 Å². The summed E-state index contributed by atoms with van der Waals surface area (Å²) >= 11 is 0. The van der Waals surface area contributed by atoms with Crippen molar-refractivity contribution < 1.29 is 4.74 Å². The molecule has 1 atom stereocenters. The minimum absolute atomic E-state index is 0.0710. The Kier molecular flexibility index (Phi) is 6.49. The van der Waals surface area contributed by atoms with Crippen LogP contribution >= 0.6 is 0 Å². The maximum absolute atomic E-state index is 5.65. The van der Waals surface area contributed by atoms with Crippen molar-refractivity contribution in [3.63, 3.8) is 0 Å². The molecule has 3 heteroatoms. The van der Waals surface area contributed by atoms with Crippen LogP contribution in [0.3, 0.4) is 0 Å². The predicted octanol–water partition coefficient (Wildman–Crippen LogP) is 2.96. The van der Waals surface area contributed by atoms with Gasteiger partial charge < -0.3 is 4.74 Å². The first-order valence-corrected chi connectivity index (χ1v) is 7.03. The summed E-state index contributed by atoms with van der Waals surface area (Å²) < 4.78 is 5.44. The summed E-state index contributed by atoms with van der Waals surface area (Å²) in [6.07, 6.45) is 4.15. The molecule has 0 saturated carbocycles. The van der Waals surface area contributed by atoms with Gasteiger partial charge in [-0.15, -0.1) is 0 Å². The van der Waals surface area contributed by atoms with Gasteiger partial charge in [-0.1, -0.05) is 29.8 Å². The minimum atomic E-state index is -0.0710. The predicted molar refractivity (Wildman–Crippen MR) is 80.9 cm³/mol. The van der Waals surface area contributed by atoms with E-state index in [1.165, 1.54) is 11.1 Å². The number of ether oxygens (including phenoxy) is 1. The molecule has 1 rings (SSSR count). The molecule has 0 bridgehead atoms. The fourth-order valence-corrected chi connectivity index (χ4v) is 2.14. The molecule has 0 aliphatic carbocycles. The van der Waals surface area contributed by atoms with Gasteiger partial charge in [0, 0.05) is 13.2 Å². The second-order valence-corrected chi connectivity index (χ2v) is 5.89. The summed E-state index contributed by atoms with van der Waals surface area (Å²) in [7, 11) is 1.76. The smallest absolute Gasteiger partial charge is 0.0623 e. The molecule has 0 aromatic heterocycles. The zero-order chi connectivity index (χ0) is 14.3. The van der Waals surface area contributed by atoms with Crippen molar-refractivity contribution in [2.24, 2.45) is 5.84 Å². The van der Waals surface area contributed by atoms with Gasteiger partial charge in [0.1, 0.15) is 0 Å². The second-order valence-electron chi connectivity index (χ2n) is 5.89. The summed E-state index contributed by atoms with van der Waals surface area (Å²) in [5, 5.41) is 0. The van der Waals surface area contributed by atoms with Crippen LogP contribution in [0, 0.1) is 6.92 Å². The first kappa shape index (κ1) is 16.2. The lowest BCUT2D eigenvalue weighted by molar-refractivity contribution is 0.0115. The molecular formula is C16H28N2O. The van der Waals surface area contributed by atoms with Gasteiger partial charge in [0.05, 0.1) is 5.60 Å². The van der Waals surface area contributed by atoms with E-state index in [4.69, 9.17) is 10.6 Å². The average Bonchev–Trinajstić information content (AvgIpc) is 2.39. The summed E-state index contributed by atoms with van der Waals surface area (Å²) in [5.74, 6) is 5.65. The Hall–Kier alpha value is -0.900. The first-order valence-electron chi connectivity index (χ1n) is 7.03. The maximum atomic E-state index is 5.65. The topological polar surface area (TPSA) is 47.3 Å². The van der Waals surface area contributed by atoms with Crippen LogP contribution in [-0.2, 0) is 11.2 Å². The van der Waals surface area contributed by atoms with E-state index >= 15 is 0 Å². The molecule has 0 heterocycles. The molecule has 0 spiro atoms. The van der Waals surface area contributed by atoms with E-state index in [0.717, 1.165) is 25.7 Å². The molecule has 0 aliphatic rings. The molecule has 0 aliphatic heterocycles. The quantitative estimate of drug-likeness (QED) is 0.560. The summed E-state index contributed by atoms with van der Waals surface area (Å²) in [6.45, 7) is 6.35. The molecule has 3 nitrogen and oxygen atoms in total. The van der Waals surface area contributed by atoms with E-state index in [0.29, 0.717) is 6.04 Å². The van der Waals surface area contributed by atoms with Crippen molar-refractivity contribution in [1.82, 2.24) is 5.43 Å². The van der Waals surface area contributed by atoms with Crippen LogP contribution in [0.1, 0.15) is 44.2 Å². The van der Waals surface area contributed by atoms with Gasteiger partial charge in [0.15, 0.2) is 0 Å². The van der Waals surface area contributed by atoms with Gasteiger partial charge in [0.25, 0.3) is 0 Å². The fourth-order valence-electron chi connectivity index (χ4n) is 2.14. The molecule has 19 heavy (non-hydrogen) atoms. The Morgan fingerprint density at radius 1 is 1.32 bits per heavy atom. The standard InChI is InChI=1S/C16H28N2O/c1-13-6-5-7-14(12-13)8-9-15(18-17)10-11-16(2,3)19-4/h5-7,12,15,18H,8-11,17H2,1-4H3. The molecule has 1 unspecified atom stereocenters. The number of nitrogens with one attached hydrogen (secondary N) is 1. The van der Waals surface area contributed by atoms with E-state index in [9.17, 15) is 0 Å². The number of hydrazine groups is 1. The Morgan fingerprint density at radius 2 is 2.05 bits per heavy atom. The molecule has 0 amide bonds. The lowest BCUT2D eigenvalue weighted by Crippen LogP contribution is -2.37. The van der Waals surface area contributed by atoms with Crippen LogP contribution in [0.15, 0.2) is 24.3 Å². The number of rotatable bonds is 8. The number of hydrogen-bond acceptors (Lipinski definition) is 3. The van der Waals surface area contributed by atoms with Crippen LogP contribution in [0.5, 0.6) is 0 Å². The van der Waals surface area contributed by atoms with E-state index in [2.05, 4.69) is 50.5 Å². The Bertz CT molecular complexity index is 377. The number of benzene rings is 1. The summed E-state index contributed by atoms with van der Waals surface area (Å²) in [5.41, 5.74) is 5.55. The van der Waals surface area contributed by atoms with E-state index < -0.39 is 0 Å². The van der Waals surface area contributed by atoms with Gasteiger partial charge >= 0.3 is 0 Å². The number of nitrogens with two attached hydrogens (primary N) is 1. The number of hydrogen-bond donors (Lipinski definition) is 2. The van der Waals surface area contributed by atoms with E-state index in [1.54, 1.807) is 7.11 Å². The van der Waals surface area contributed by atoms with Crippen molar-refractivity contribution in [2.75, 3.05) is 7.11 Å². The van der Waals surface area contributed by atoms with Crippen LogP contribution in [0.25, 0.3) is 0 Å². The molecule has 0 radical (unpaired) electrons. The first-order chi connectivity index (χ1) is 8.96. The monoisotopic (exact) mass is 264 g/mol. The highest BCUT2D eigenvalue weighted by Gasteiger charge is 2.18. The Morgan fingerprint density at radius 3 is 2.63 bits per heavy atom. The van der Waals surface area contributed by atoms with Crippen LogP contribution in [-0.4, -0.2) is 18.8 Å². The van der Waals surface area contributed by atoms with E-state index in [-0.39, 0.29) is 5.60 Å². The molecule has 0 fully saturated rings. The van der Waals surface area contributed by atoms with Crippen molar-refractivity contribution in [1.29, 1.82) is 0 Å². The molecule has 3 N–H and O–H groups in total. The lowest BCUT2D eigenvalue weighted by atomic mass is 9.95. The molecule has 0 saturated heterocycles. The fraction of sp³-hybridized carbons (Fsp3) is 0.625. The lowest BCUT2D eigenvalue weighted by Gasteiger charge is -2.25. The third-order valence-corrected chi connectivity index (χ3v) is 3.75. The third kappa shape index (κ3) is 6.19. The maximum Gasteiger partial charge on any atom is 0.0623 e. The third-order valence-electron chi connectivity index (χ3n) is 3.75. The Labute approximate surface area is 117 Å². The van der Waals surface area contributed by atoms with Gasteiger partial charge in [0.2, 0.25) is 0 Å². The minimum Gasteiger partial charge on any atom is -0.379 e. The molecule has 1 aromatic rings. The van der Waals surface area contributed by atoms with Gasteiger partial charge in [-0.3, -0.25) is 11.3 Å². The van der Waals surface area contributed by atoms with Crippen molar-refractivity contribution in [2.45, 2.75) is 58.1 Å². The highest BCUT2D eigenvalue weighted by atomic mass is 16.5. The molecular weight excluding hydrogens is 236 g/mol. The van der Waals surface area contributed by atoms with Crippen molar-refractivity contribution in [3.8, 4) is 0 Å². The zero-order valence-electron chi connectivity index (χ0n) is 12.7. The number of methoxy groups -OCH3 is 1. The highest BCUT2D eigenvalue weighted by molar-refractivity contribution is 5.22. The van der Waals surface area contributed by atoms with Crippen molar-refractivity contribution >= 4 is 0 Å². The average molecular weight is 264 g/mol. The second kappa shape index (κ2) is 7.63. The van der Waals surface area contributed by atoms with Gasteiger partial charge in [-0.2, -0.15) is 0 Å². The van der Waals surface area contributed by atoms with Gasteiger partial charge in [-0.25, -0.2) is 0 Å². The summed E-state index contributed by atoms with van der Waals surface area (Å²) in [6, 6.07) is 9.01. The molecule has 1 aromatic carbocycles. The highest BCUT2D eigenvalue weighted by Crippen LogP contribution is 2.18. The number of aryl methyl sites for hydroxylation is 2. The van der Waals surface area contributed by atoms with E-state index in [1.807, 2.05) is 0 Å². The summed E-state index contributed by atoms with van der Waals surface area (Å²) in [4.78, 5) is 0. The van der Waals surface area contributed by atoms with Crippen LogP contribution < -0.4 is 11.3 Å². The normalized spacial score (nSPS) is 13.5. The van der Waals surface area contributed by atoms with Crippen LogP contribution in [0.4, 0.5) is 0 Å². The SMILES string of the molecule is COC(C)(C)CCC(CCc1cccc(C)c1)NN. The Balaban J connectivity index is 2.40. The van der Waals surface area contributed by atoms with Crippen molar-refractivity contribution in [3.05, 3.63) is 35.4 Å².